The van der Waals surface area contributed by atoms with Crippen molar-refractivity contribution < 1.29 is 14.3 Å². The molecule has 1 fully saturated rings. The fourth-order valence-electron chi connectivity index (χ4n) is 3.17. The number of aldehydes is 1. The molecule has 0 aromatic heterocycles. The van der Waals surface area contributed by atoms with Crippen molar-refractivity contribution in [3.05, 3.63) is 35.9 Å². The summed E-state index contributed by atoms with van der Waals surface area (Å²) in [5.41, 5.74) is 1.05. The fourth-order valence-corrected chi connectivity index (χ4v) is 3.17. The van der Waals surface area contributed by atoms with Crippen molar-refractivity contribution in [2.45, 2.75) is 38.5 Å². The molecule has 0 radical (unpaired) electrons. The standard InChI is InChI=1S/C17H22O3/c1-2-20-17(19)15-10-6-9-14(11-15)16(12-18)13-7-4-3-5-8-13/h3-5,7-8,12,14-16H,2,6,9-11H2,1H3. The van der Waals surface area contributed by atoms with Crippen molar-refractivity contribution in [2.75, 3.05) is 6.61 Å². The Morgan fingerprint density at radius 2 is 2.10 bits per heavy atom. The average Bonchev–Trinajstić information content (AvgIpc) is 2.50. The van der Waals surface area contributed by atoms with E-state index in [0.717, 1.165) is 37.5 Å². The van der Waals surface area contributed by atoms with Crippen LogP contribution >= 0.6 is 0 Å². The highest BCUT2D eigenvalue weighted by atomic mass is 16.5. The van der Waals surface area contributed by atoms with E-state index in [1.807, 2.05) is 37.3 Å². The lowest BCUT2D eigenvalue weighted by atomic mass is 9.73. The highest BCUT2D eigenvalue weighted by Gasteiger charge is 2.33. The van der Waals surface area contributed by atoms with E-state index in [-0.39, 0.29) is 23.7 Å². The Bertz CT molecular complexity index is 441. The van der Waals surface area contributed by atoms with Crippen molar-refractivity contribution in [1.82, 2.24) is 0 Å². The molecular weight excluding hydrogens is 252 g/mol. The third-order valence-corrected chi connectivity index (χ3v) is 4.17. The summed E-state index contributed by atoms with van der Waals surface area (Å²) >= 11 is 0. The minimum absolute atomic E-state index is 0.0418. The molecule has 3 nitrogen and oxygen atoms in total. The lowest BCUT2D eigenvalue weighted by Crippen LogP contribution is -2.28. The molecule has 108 valence electrons. The topological polar surface area (TPSA) is 43.4 Å². The number of carbonyl (C=O) groups excluding carboxylic acids is 2. The van der Waals surface area contributed by atoms with Crippen LogP contribution < -0.4 is 0 Å². The van der Waals surface area contributed by atoms with E-state index in [0.29, 0.717) is 6.61 Å². The number of ether oxygens (including phenoxy) is 1. The number of hydrogen-bond acceptors (Lipinski definition) is 3. The maximum atomic E-state index is 11.9. The SMILES string of the molecule is CCOC(=O)C1CCCC(C(C=O)c2ccccc2)C1. The zero-order valence-corrected chi connectivity index (χ0v) is 12.0. The van der Waals surface area contributed by atoms with Gasteiger partial charge in [-0.25, -0.2) is 0 Å². The highest BCUT2D eigenvalue weighted by molar-refractivity contribution is 5.72. The first kappa shape index (κ1) is 14.8. The van der Waals surface area contributed by atoms with Gasteiger partial charge in [-0.3, -0.25) is 4.79 Å². The third kappa shape index (κ3) is 3.47. The first-order valence-corrected chi connectivity index (χ1v) is 7.43. The monoisotopic (exact) mass is 274 g/mol. The van der Waals surface area contributed by atoms with Gasteiger partial charge in [-0.1, -0.05) is 36.8 Å². The molecule has 1 saturated carbocycles. The molecule has 3 heteroatoms. The van der Waals surface area contributed by atoms with Gasteiger partial charge in [0.15, 0.2) is 0 Å². The normalized spacial score (nSPS) is 23.9. The minimum Gasteiger partial charge on any atom is -0.466 e. The number of benzene rings is 1. The van der Waals surface area contributed by atoms with Crippen molar-refractivity contribution >= 4 is 12.3 Å². The van der Waals surface area contributed by atoms with Crippen LogP contribution in [0.3, 0.4) is 0 Å². The molecule has 0 heterocycles. The van der Waals surface area contributed by atoms with Crippen molar-refractivity contribution in [3.63, 3.8) is 0 Å². The summed E-state index contributed by atoms with van der Waals surface area (Å²) in [4.78, 5) is 23.4. The Kier molecular flexibility index (Phi) is 5.33. The van der Waals surface area contributed by atoms with Gasteiger partial charge in [0.2, 0.25) is 0 Å². The molecule has 0 bridgehead atoms. The van der Waals surface area contributed by atoms with Crippen molar-refractivity contribution in [1.29, 1.82) is 0 Å². The largest absolute Gasteiger partial charge is 0.466 e. The van der Waals surface area contributed by atoms with Gasteiger partial charge >= 0.3 is 5.97 Å². The van der Waals surface area contributed by atoms with Crippen LogP contribution in [0, 0.1) is 11.8 Å². The zero-order chi connectivity index (χ0) is 14.4. The Labute approximate surface area is 120 Å². The highest BCUT2D eigenvalue weighted by Crippen LogP contribution is 2.38. The second-order valence-electron chi connectivity index (χ2n) is 5.45. The molecule has 0 aliphatic heterocycles. The lowest BCUT2D eigenvalue weighted by Gasteiger charge is -2.31. The van der Waals surface area contributed by atoms with Crippen LogP contribution in [-0.2, 0) is 14.3 Å². The molecule has 0 spiro atoms. The predicted molar refractivity (Wildman–Crippen MR) is 77.3 cm³/mol. The van der Waals surface area contributed by atoms with E-state index in [9.17, 15) is 9.59 Å². The number of carbonyl (C=O) groups is 2. The maximum absolute atomic E-state index is 11.9. The molecule has 1 aromatic rings. The number of rotatable bonds is 5. The van der Waals surface area contributed by atoms with Gasteiger partial charge in [-0.2, -0.15) is 0 Å². The van der Waals surface area contributed by atoms with E-state index in [1.165, 1.54) is 0 Å². The first-order chi connectivity index (χ1) is 9.76. The molecule has 3 atom stereocenters. The molecule has 0 N–H and O–H groups in total. The second-order valence-corrected chi connectivity index (χ2v) is 5.45. The Hall–Kier alpha value is -1.64. The molecule has 0 amide bonds. The van der Waals surface area contributed by atoms with Gasteiger partial charge in [-0.05, 0) is 37.7 Å². The Morgan fingerprint density at radius 1 is 1.35 bits per heavy atom. The first-order valence-electron chi connectivity index (χ1n) is 7.43. The van der Waals surface area contributed by atoms with Crippen LogP contribution in [0.1, 0.15) is 44.1 Å². The van der Waals surface area contributed by atoms with E-state index < -0.39 is 0 Å². The van der Waals surface area contributed by atoms with E-state index >= 15 is 0 Å². The number of esters is 1. The second kappa shape index (κ2) is 7.22. The molecule has 2 rings (SSSR count). The summed E-state index contributed by atoms with van der Waals surface area (Å²) in [5, 5.41) is 0. The van der Waals surface area contributed by atoms with Gasteiger partial charge < -0.3 is 9.53 Å². The Morgan fingerprint density at radius 3 is 2.75 bits per heavy atom. The quantitative estimate of drug-likeness (QED) is 0.611. The fraction of sp³-hybridized carbons (Fsp3) is 0.529. The molecule has 1 aliphatic rings. The van der Waals surface area contributed by atoms with Crippen LogP contribution in [0.25, 0.3) is 0 Å². The van der Waals surface area contributed by atoms with Crippen molar-refractivity contribution in [3.8, 4) is 0 Å². The molecule has 3 unspecified atom stereocenters. The predicted octanol–water partition coefficient (Wildman–Crippen LogP) is 3.34. The maximum Gasteiger partial charge on any atom is 0.308 e. The van der Waals surface area contributed by atoms with Gasteiger partial charge in [0.1, 0.15) is 6.29 Å². The average molecular weight is 274 g/mol. The number of hydrogen-bond donors (Lipinski definition) is 0. The molecule has 20 heavy (non-hydrogen) atoms. The smallest absolute Gasteiger partial charge is 0.308 e. The minimum atomic E-state index is -0.103. The molecule has 1 aliphatic carbocycles. The lowest BCUT2D eigenvalue weighted by molar-refractivity contribution is -0.150. The summed E-state index contributed by atoms with van der Waals surface area (Å²) in [5.74, 6) is 0.00116. The van der Waals surface area contributed by atoms with Crippen LogP contribution in [-0.4, -0.2) is 18.9 Å². The van der Waals surface area contributed by atoms with Gasteiger partial charge in [0, 0.05) is 5.92 Å². The Balaban J connectivity index is 2.07. The van der Waals surface area contributed by atoms with Crippen LogP contribution in [0.2, 0.25) is 0 Å². The molecule has 0 saturated heterocycles. The van der Waals surface area contributed by atoms with Crippen LogP contribution in [0.5, 0.6) is 0 Å². The van der Waals surface area contributed by atoms with E-state index in [2.05, 4.69) is 0 Å². The van der Waals surface area contributed by atoms with Gasteiger partial charge in [-0.15, -0.1) is 0 Å². The van der Waals surface area contributed by atoms with Crippen molar-refractivity contribution in [2.24, 2.45) is 11.8 Å². The molecular formula is C17H22O3. The summed E-state index contributed by atoms with van der Waals surface area (Å²) in [7, 11) is 0. The van der Waals surface area contributed by atoms with Gasteiger partial charge in [0.25, 0.3) is 0 Å². The van der Waals surface area contributed by atoms with Crippen LogP contribution in [0.4, 0.5) is 0 Å². The van der Waals surface area contributed by atoms with E-state index in [1.54, 1.807) is 0 Å². The summed E-state index contributed by atoms with van der Waals surface area (Å²) in [6, 6.07) is 9.85. The summed E-state index contributed by atoms with van der Waals surface area (Å²) in [6.07, 6.45) is 4.68. The van der Waals surface area contributed by atoms with Crippen LogP contribution in [0.15, 0.2) is 30.3 Å². The van der Waals surface area contributed by atoms with E-state index in [4.69, 9.17) is 4.74 Å². The van der Waals surface area contributed by atoms with Gasteiger partial charge in [0.05, 0.1) is 12.5 Å². The summed E-state index contributed by atoms with van der Waals surface area (Å²) < 4.78 is 5.12. The molecule has 1 aromatic carbocycles. The third-order valence-electron chi connectivity index (χ3n) is 4.17. The zero-order valence-electron chi connectivity index (χ0n) is 12.0. The summed E-state index contributed by atoms with van der Waals surface area (Å²) in [6.45, 7) is 2.26.